The van der Waals surface area contributed by atoms with Gasteiger partial charge in [-0.25, -0.2) is 9.97 Å². The van der Waals surface area contributed by atoms with Gasteiger partial charge in [-0.2, -0.15) is 0 Å². The maximum Gasteiger partial charge on any atom is 0.289 e. The summed E-state index contributed by atoms with van der Waals surface area (Å²) in [6.45, 7) is 2.41. The summed E-state index contributed by atoms with van der Waals surface area (Å²) < 4.78 is 5.22. The standard InChI is InChI=1S/C25H24N4O3/c30-22-16-19(9-8-18-5-2-1-3-6-18)15-21-20(22)17-26-25(27-21)29-12-10-28(11-13-29)24(31)23-7-4-14-32-23/h1-9,14,17,19H,10-13,15-16H2/b9-8+. The number of nitrogens with zero attached hydrogens (tertiary/aromatic N) is 4. The summed E-state index contributed by atoms with van der Waals surface area (Å²) in [4.78, 5) is 38.2. The van der Waals surface area contributed by atoms with Gasteiger partial charge >= 0.3 is 0 Å². The highest BCUT2D eigenvalue weighted by atomic mass is 16.3. The summed E-state index contributed by atoms with van der Waals surface area (Å²) in [5, 5.41) is 0. The molecule has 1 fully saturated rings. The van der Waals surface area contributed by atoms with Gasteiger partial charge < -0.3 is 14.2 Å². The van der Waals surface area contributed by atoms with Crippen LogP contribution in [0.2, 0.25) is 0 Å². The Hall–Kier alpha value is -3.74. The third-order valence-electron chi connectivity index (χ3n) is 6.00. The van der Waals surface area contributed by atoms with Crippen molar-refractivity contribution in [1.82, 2.24) is 14.9 Å². The zero-order valence-electron chi connectivity index (χ0n) is 17.7. The van der Waals surface area contributed by atoms with E-state index in [1.165, 1.54) is 6.26 Å². The van der Waals surface area contributed by atoms with E-state index in [-0.39, 0.29) is 17.6 Å². The van der Waals surface area contributed by atoms with Crippen LogP contribution >= 0.6 is 0 Å². The fourth-order valence-corrected chi connectivity index (χ4v) is 4.23. The Bertz CT molecular complexity index is 1130. The number of Topliss-reactive ketones (excluding diaryl/α,β-unsaturated/α-hetero) is 1. The van der Waals surface area contributed by atoms with E-state index in [2.05, 4.69) is 22.0 Å². The van der Waals surface area contributed by atoms with Crippen LogP contribution in [0.1, 0.15) is 38.6 Å². The molecule has 0 N–H and O–H groups in total. The molecule has 1 unspecified atom stereocenters. The Kier molecular flexibility index (Phi) is 5.54. The van der Waals surface area contributed by atoms with Crippen molar-refractivity contribution in [3.63, 3.8) is 0 Å². The lowest BCUT2D eigenvalue weighted by molar-refractivity contribution is 0.0714. The second-order valence-electron chi connectivity index (χ2n) is 8.15. The number of piperazine rings is 1. The van der Waals surface area contributed by atoms with Crippen LogP contribution in [-0.4, -0.2) is 52.7 Å². The second-order valence-corrected chi connectivity index (χ2v) is 8.15. The minimum absolute atomic E-state index is 0.0920. The van der Waals surface area contributed by atoms with E-state index in [1.807, 2.05) is 30.3 Å². The van der Waals surface area contributed by atoms with Gasteiger partial charge in [0.05, 0.1) is 17.5 Å². The van der Waals surface area contributed by atoms with Gasteiger partial charge in [0.2, 0.25) is 5.95 Å². The molecule has 162 valence electrons. The normalized spacial score (nSPS) is 18.8. The number of hydrogen-bond acceptors (Lipinski definition) is 6. The summed E-state index contributed by atoms with van der Waals surface area (Å²) in [5.41, 5.74) is 2.56. The average Bonchev–Trinajstić information content (AvgIpc) is 3.38. The monoisotopic (exact) mass is 428 g/mol. The first-order chi connectivity index (χ1) is 15.7. The van der Waals surface area contributed by atoms with Crippen LogP contribution < -0.4 is 4.90 Å². The van der Waals surface area contributed by atoms with Crippen molar-refractivity contribution in [2.75, 3.05) is 31.1 Å². The van der Waals surface area contributed by atoms with Gasteiger partial charge in [-0.15, -0.1) is 0 Å². The van der Waals surface area contributed by atoms with Crippen molar-refractivity contribution >= 4 is 23.7 Å². The quantitative estimate of drug-likeness (QED) is 0.633. The number of benzene rings is 1. The van der Waals surface area contributed by atoms with Gasteiger partial charge in [-0.1, -0.05) is 42.5 Å². The summed E-state index contributed by atoms with van der Waals surface area (Å²) in [6, 6.07) is 13.5. The number of hydrogen-bond donors (Lipinski definition) is 0. The number of fused-ring (bicyclic) bond motifs is 1. The highest BCUT2D eigenvalue weighted by Crippen LogP contribution is 2.27. The average molecular weight is 428 g/mol. The van der Waals surface area contributed by atoms with Gasteiger partial charge in [0, 0.05) is 38.8 Å². The maximum absolute atomic E-state index is 12.6. The van der Waals surface area contributed by atoms with Crippen LogP contribution in [-0.2, 0) is 6.42 Å². The molecule has 0 spiro atoms. The molecule has 0 radical (unpaired) electrons. The van der Waals surface area contributed by atoms with E-state index in [1.54, 1.807) is 23.2 Å². The van der Waals surface area contributed by atoms with E-state index in [0.29, 0.717) is 49.9 Å². The van der Waals surface area contributed by atoms with Crippen LogP contribution in [0.25, 0.3) is 6.08 Å². The van der Waals surface area contributed by atoms with Gasteiger partial charge in [0.25, 0.3) is 5.91 Å². The van der Waals surface area contributed by atoms with Crippen LogP contribution in [0.4, 0.5) is 5.95 Å². The first-order valence-electron chi connectivity index (χ1n) is 10.9. The minimum atomic E-state index is -0.0975. The lowest BCUT2D eigenvalue weighted by atomic mass is 9.86. The van der Waals surface area contributed by atoms with Crippen molar-refractivity contribution in [3.05, 3.63) is 83.6 Å². The minimum Gasteiger partial charge on any atom is -0.459 e. The van der Waals surface area contributed by atoms with Crippen LogP contribution in [0.5, 0.6) is 0 Å². The van der Waals surface area contributed by atoms with Crippen LogP contribution in [0.3, 0.4) is 0 Å². The number of rotatable bonds is 4. The molecule has 0 saturated carbocycles. The van der Waals surface area contributed by atoms with Crippen LogP contribution in [0.15, 0.2) is 65.4 Å². The number of amides is 1. The van der Waals surface area contributed by atoms with Crippen molar-refractivity contribution in [2.24, 2.45) is 5.92 Å². The molecule has 3 aromatic rings. The molecule has 5 rings (SSSR count). The lowest BCUT2D eigenvalue weighted by Gasteiger charge is -2.34. The zero-order chi connectivity index (χ0) is 21.9. The number of ketones is 1. The third-order valence-corrected chi connectivity index (χ3v) is 6.00. The molecule has 1 aliphatic carbocycles. The van der Waals surface area contributed by atoms with Crippen molar-refractivity contribution < 1.29 is 14.0 Å². The van der Waals surface area contributed by atoms with Gasteiger partial charge in [-0.05, 0) is 30.0 Å². The summed E-state index contributed by atoms with van der Waals surface area (Å²) in [6.07, 6.45) is 8.55. The Labute approximate surface area is 186 Å². The van der Waals surface area contributed by atoms with E-state index >= 15 is 0 Å². The predicted molar refractivity (Wildman–Crippen MR) is 120 cm³/mol. The molecule has 7 nitrogen and oxygen atoms in total. The molecule has 3 heterocycles. The number of carbonyl (C=O) groups excluding carboxylic acids is 2. The number of anilines is 1. The van der Waals surface area contributed by atoms with Gasteiger partial charge in [0.1, 0.15) is 0 Å². The molecule has 7 heteroatoms. The Morgan fingerprint density at radius 1 is 1.03 bits per heavy atom. The van der Waals surface area contributed by atoms with Crippen LogP contribution in [0, 0.1) is 5.92 Å². The molecule has 0 bridgehead atoms. The Balaban J connectivity index is 1.26. The lowest BCUT2D eigenvalue weighted by Crippen LogP contribution is -2.49. The summed E-state index contributed by atoms with van der Waals surface area (Å²) >= 11 is 0. The molecule has 1 atom stereocenters. The molecule has 1 saturated heterocycles. The van der Waals surface area contributed by atoms with E-state index < -0.39 is 0 Å². The molecule has 1 aliphatic heterocycles. The first kappa shape index (κ1) is 20.2. The van der Waals surface area contributed by atoms with Crippen molar-refractivity contribution in [2.45, 2.75) is 12.8 Å². The number of furan rings is 1. The third kappa shape index (κ3) is 4.19. The number of carbonyl (C=O) groups is 2. The smallest absolute Gasteiger partial charge is 0.289 e. The number of allylic oxidation sites excluding steroid dienone is 1. The maximum atomic E-state index is 12.6. The zero-order valence-corrected chi connectivity index (χ0v) is 17.7. The highest BCUT2D eigenvalue weighted by molar-refractivity contribution is 5.98. The topological polar surface area (TPSA) is 79.5 Å². The van der Waals surface area contributed by atoms with E-state index in [4.69, 9.17) is 9.40 Å². The molecule has 2 aliphatic rings. The largest absolute Gasteiger partial charge is 0.459 e. The fraction of sp³-hybridized carbons (Fsp3) is 0.280. The molecule has 1 aromatic carbocycles. The Morgan fingerprint density at radius 2 is 1.84 bits per heavy atom. The molecule has 32 heavy (non-hydrogen) atoms. The second kappa shape index (κ2) is 8.78. The van der Waals surface area contributed by atoms with Crippen molar-refractivity contribution in [3.8, 4) is 0 Å². The first-order valence-corrected chi connectivity index (χ1v) is 10.9. The highest BCUT2D eigenvalue weighted by Gasteiger charge is 2.28. The SMILES string of the molecule is O=C1CC(/C=C/c2ccccc2)Cc2nc(N3CCN(C(=O)c4ccco4)CC3)ncc21. The summed E-state index contributed by atoms with van der Waals surface area (Å²) in [5.74, 6) is 1.10. The molecular weight excluding hydrogens is 404 g/mol. The predicted octanol–water partition coefficient (Wildman–Crippen LogP) is 3.49. The Morgan fingerprint density at radius 3 is 2.59 bits per heavy atom. The fourth-order valence-electron chi connectivity index (χ4n) is 4.23. The summed E-state index contributed by atoms with van der Waals surface area (Å²) in [7, 11) is 0. The van der Waals surface area contributed by atoms with Gasteiger partial charge in [-0.3, -0.25) is 9.59 Å². The van der Waals surface area contributed by atoms with E-state index in [0.717, 1.165) is 17.7 Å². The molecular formula is C25H24N4O3. The molecule has 1 amide bonds. The van der Waals surface area contributed by atoms with Gasteiger partial charge in [0.15, 0.2) is 11.5 Å². The number of aromatic nitrogens is 2. The molecule has 2 aromatic heterocycles. The van der Waals surface area contributed by atoms with Crippen molar-refractivity contribution in [1.29, 1.82) is 0 Å². The van der Waals surface area contributed by atoms with E-state index in [9.17, 15) is 9.59 Å².